The molecule has 0 fully saturated rings. The minimum atomic E-state index is -4.42. The summed E-state index contributed by atoms with van der Waals surface area (Å²) in [5, 5.41) is 0. The summed E-state index contributed by atoms with van der Waals surface area (Å²) in [5.74, 6) is -0.883. The highest BCUT2D eigenvalue weighted by atomic mass is 31.2. The molecule has 0 spiro atoms. The summed E-state index contributed by atoms with van der Waals surface area (Å²) in [6.07, 6.45) is 105. The van der Waals surface area contributed by atoms with Gasteiger partial charge in [0.2, 0.25) is 0 Å². The van der Waals surface area contributed by atoms with Crippen LogP contribution in [0.4, 0.5) is 0 Å². The quantitative estimate of drug-likeness (QED) is 0.0264. The molecule has 87 heavy (non-hydrogen) atoms. The first-order chi connectivity index (χ1) is 42.8. The molecule has 0 saturated carbocycles. The van der Waals surface area contributed by atoms with Crippen LogP contribution in [0.5, 0.6) is 0 Å². The van der Waals surface area contributed by atoms with Crippen molar-refractivity contribution in [3.8, 4) is 0 Å². The third-order valence-corrected chi connectivity index (χ3v) is 15.1. The molecule has 0 radical (unpaired) electrons. The van der Waals surface area contributed by atoms with Crippen LogP contribution in [-0.4, -0.2) is 49.3 Å². The molecule has 0 rings (SSSR count). The van der Waals surface area contributed by atoms with Gasteiger partial charge in [0.15, 0.2) is 6.10 Å². The van der Waals surface area contributed by atoms with Gasteiger partial charge in [0.25, 0.3) is 0 Å². The van der Waals surface area contributed by atoms with Gasteiger partial charge in [-0.25, -0.2) is 4.57 Å². The largest absolute Gasteiger partial charge is 0.472 e. The molecule has 0 saturated heterocycles. The lowest BCUT2D eigenvalue weighted by atomic mass is 10.0. The summed E-state index contributed by atoms with van der Waals surface area (Å²) in [7, 11) is -4.42. The monoisotopic (exact) mass is 1220 g/mol. The highest BCUT2D eigenvalue weighted by Crippen LogP contribution is 2.43. The number of allylic oxidation sites excluding steroid dienone is 28. The molecule has 2 atom stereocenters. The molecule has 0 aliphatic rings. The highest BCUT2D eigenvalue weighted by Gasteiger charge is 2.26. The van der Waals surface area contributed by atoms with Crippen molar-refractivity contribution in [1.29, 1.82) is 0 Å². The highest BCUT2D eigenvalue weighted by molar-refractivity contribution is 7.47. The van der Waals surface area contributed by atoms with Gasteiger partial charge in [-0.2, -0.15) is 0 Å². The number of carbonyl (C=O) groups excluding carboxylic acids is 2. The van der Waals surface area contributed by atoms with E-state index in [4.69, 9.17) is 24.3 Å². The number of carbonyl (C=O) groups is 2. The number of phosphoric ester groups is 1. The molecule has 492 valence electrons. The number of hydrogen-bond acceptors (Lipinski definition) is 8. The van der Waals surface area contributed by atoms with Crippen LogP contribution in [0.2, 0.25) is 0 Å². The summed E-state index contributed by atoms with van der Waals surface area (Å²) >= 11 is 0. The van der Waals surface area contributed by atoms with Crippen molar-refractivity contribution in [2.24, 2.45) is 5.73 Å². The van der Waals surface area contributed by atoms with Gasteiger partial charge in [-0.1, -0.05) is 300 Å². The van der Waals surface area contributed by atoms with E-state index < -0.39 is 32.5 Å². The number of phosphoric acid groups is 1. The maximum Gasteiger partial charge on any atom is 0.472 e. The van der Waals surface area contributed by atoms with Crippen LogP contribution in [0.25, 0.3) is 0 Å². The van der Waals surface area contributed by atoms with Gasteiger partial charge in [0, 0.05) is 19.4 Å². The smallest absolute Gasteiger partial charge is 0.462 e. The molecular formula is C77H126NO8P. The summed E-state index contributed by atoms with van der Waals surface area (Å²) in [4.78, 5) is 35.3. The standard InChI is InChI=1S/C77H126NO8P/c1-3-5-7-9-11-13-15-17-19-21-23-25-27-29-31-32-33-34-35-36-37-38-39-40-41-42-44-45-47-49-51-53-55-57-59-61-63-65-67-69-76(79)83-73-75(74-85-87(81,82)84-72-71-78)86-77(80)70-68-66-64-62-60-58-56-54-52-50-48-46-43-30-28-26-24-22-20-18-16-14-12-10-8-6-4-2/h5-8,11-14,17-20,23-26,29-31,33-34,43,48,50,54,56,60,62,75H,3-4,9-10,15-16,21-22,27-28,32,35-42,44-47,49,51-53,55,57-59,61,63-74,78H2,1-2H3,(H,81,82)/b7-5-,8-6-,13-11-,14-12-,19-17-,20-18-,25-23-,26-24-,31-29-,34-33-,43-30-,50-48-,56-54-,62-60-. The summed E-state index contributed by atoms with van der Waals surface area (Å²) in [5.41, 5.74) is 5.39. The van der Waals surface area contributed by atoms with Crippen LogP contribution in [0.1, 0.15) is 271 Å². The average molecular weight is 1220 g/mol. The molecule has 2 unspecified atom stereocenters. The summed E-state index contributed by atoms with van der Waals surface area (Å²) < 4.78 is 33.1. The third-order valence-electron chi connectivity index (χ3n) is 14.1. The van der Waals surface area contributed by atoms with Crippen LogP contribution in [0.15, 0.2) is 170 Å². The van der Waals surface area contributed by atoms with Crippen molar-refractivity contribution in [2.45, 2.75) is 277 Å². The van der Waals surface area contributed by atoms with Gasteiger partial charge in [-0.3, -0.25) is 18.6 Å². The van der Waals surface area contributed by atoms with E-state index in [1.807, 2.05) is 0 Å². The van der Waals surface area contributed by atoms with Gasteiger partial charge in [-0.15, -0.1) is 0 Å². The molecule has 9 nitrogen and oxygen atoms in total. The van der Waals surface area contributed by atoms with E-state index in [0.29, 0.717) is 6.42 Å². The Bertz CT molecular complexity index is 2030. The first-order valence-electron chi connectivity index (χ1n) is 34.6. The first kappa shape index (κ1) is 82.4. The molecule has 0 aliphatic carbocycles. The van der Waals surface area contributed by atoms with E-state index in [-0.39, 0.29) is 32.6 Å². The van der Waals surface area contributed by atoms with Gasteiger partial charge in [-0.05, 0) is 128 Å². The van der Waals surface area contributed by atoms with Crippen LogP contribution < -0.4 is 5.73 Å². The number of unbranched alkanes of at least 4 members (excludes halogenated alkanes) is 22. The van der Waals surface area contributed by atoms with Gasteiger partial charge in [0.05, 0.1) is 13.2 Å². The van der Waals surface area contributed by atoms with Crippen LogP contribution in [0, 0.1) is 0 Å². The average Bonchev–Trinajstić information content (AvgIpc) is 3.62. The van der Waals surface area contributed by atoms with E-state index in [2.05, 4.69) is 184 Å². The lowest BCUT2D eigenvalue weighted by Gasteiger charge is -2.19. The van der Waals surface area contributed by atoms with E-state index in [9.17, 15) is 19.0 Å². The van der Waals surface area contributed by atoms with Crippen molar-refractivity contribution in [3.63, 3.8) is 0 Å². The Kier molecular flexibility index (Phi) is 66.7. The Morgan fingerprint density at radius 2 is 0.598 bits per heavy atom. The van der Waals surface area contributed by atoms with Gasteiger partial charge < -0.3 is 20.1 Å². The zero-order chi connectivity index (χ0) is 63.0. The van der Waals surface area contributed by atoms with E-state index in [1.165, 1.54) is 116 Å². The normalized spacial score (nSPS) is 14.0. The fourth-order valence-electron chi connectivity index (χ4n) is 9.07. The Morgan fingerprint density at radius 3 is 0.908 bits per heavy atom. The Balaban J connectivity index is 3.94. The zero-order valence-electron chi connectivity index (χ0n) is 55.2. The number of nitrogens with two attached hydrogens (primary N) is 1. The minimum Gasteiger partial charge on any atom is -0.462 e. The van der Waals surface area contributed by atoms with Crippen molar-refractivity contribution in [1.82, 2.24) is 0 Å². The number of ether oxygens (including phenoxy) is 2. The molecule has 0 aromatic carbocycles. The maximum atomic E-state index is 12.7. The van der Waals surface area contributed by atoms with Crippen molar-refractivity contribution in [2.75, 3.05) is 26.4 Å². The molecule has 0 heterocycles. The minimum absolute atomic E-state index is 0.0386. The number of hydrogen-bond donors (Lipinski definition) is 2. The summed E-state index contributed by atoms with van der Waals surface area (Å²) in [6.45, 7) is 3.46. The Morgan fingerprint density at radius 1 is 0.345 bits per heavy atom. The molecule has 0 aliphatic heterocycles. The Hall–Kier alpha value is -4.63. The first-order valence-corrected chi connectivity index (χ1v) is 36.1. The van der Waals surface area contributed by atoms with Gasteiger partial charge in [0.1, 0.15) is 6.61 Å². The second-order valence-electron chi connectivity index (χ2n) is 22.3. The zero-order valence-corrected chi connectivity index (χ0v) is 56.1. The molecule has 3 N–H and O–H groups in total. The second kappa shape index (κ2) is 70.5. The van der Waals surface area contributed by atoms with Crippen molar-refractivity contribution in [3.05, 3.63) is 170 Å². The predicted molar refractivity (Wildman–Crippen MR) is 376 cm³/mol. The predicted octanol–water partition coefficient (Wildman–Crippen LogP) is 23.0. The van der Waals surface area contributed by atoms with Crippen LogP contribution >= 0.6 is 7.82 Å². The van der Waals surface area contributed by atoms with Crippen molar-refractivity contribution >= 4 is 19.8 Å². The van der Waals surface area contributed by atoms with Crippen LogP contribution in [0.3, 0.4) is 0 Å². The molecule has 0 amide bonds. The molecule has 0 aromatic rings. The van der Waals surface area contributed by atoms with Crippen LogP contribution in [-0.2, 0) is 32.7 Å². The maximum absolute atomic E-state index is 12.7. The molecule has 10 heteroatoms. The fourth-order valence-corrected chi connectivity index (χ4v) is 9.83. The second-order valence-corrected chi connectivity index (χ2v) is 23.7. The van der Waals surface area contributed by atoms with Crippen molar-refractivity contribution < 1.29 is 37.6 Å². The number of esters is 2. The lowest BCUT2D eigenvalue weighted by molar-refractivity contribution is -0.161. The summed E-state index contributed by atoms with van der Waals surface area (Å²) in [6, 6.07) is 0. The topological polar surface area (TPSA) is 134 Å². The van der Waals surface area contributed by atoms with E-state index in [0.717, 1.165) is 122 Å². The van der Waals surface area contributed by atoms with E-state index >= 15 is 0 Å². The third kappa shape index (κ3) is 70.3. The lowest BCUT2D eigenvalue weighted by Crippen LogP contribution is -2.29. The van der Waals surface area contributed by atoms with Gasteiger partial charge >= 0.3 is 19.8 Å². The Labute approximate surface area is 533 Å². The van der Waals surface area contributed by atoms with E-state index in [1.54, 1.807) is 0 Å². The molecule has 0 aromatic heterocycles. The molecule has 0 bridgehead atoms. The number of rotatable bonds is 63. The molecular weight excluding hydrogens is 1100 g/mol. The fraction of sp³-hybridized carbons (Fsp3) is 0.610. The SMILES string of the molecule is CC/C=C\C/C=C\C/C=C\C/C=C\C/C=C\C/C=C\C/C=C\C/C=C\CCCCC(=O)OC(COC(=O)CCCCCCCCCCCCCCCCCCCCCC/C=C\C/C=C\C/C=C\C/C=C\C/C=C\C/C=C\CC)COP(=O)(O)OCCN.